The molecule has 11 heteroatoms. The molecule has 0 saturated heterocycles. The van der Waals surface area contributed by atoms with Gasteiger partial charge in [0.1, 0.15) is 0 Å². The topological polar surface area (TPSA) is 123 Å². The summed E-state index contributed by atoms with van der Waals surface area (Å²) in [4.78, 5) is 13.4. The first kappa shape index (κ1) is 35.6. The first-order valence-electron chi connectivity index (χ1n) is 15.0. The lowest BCUT2D eigenvalue weighted by Crippen LogP contribution is -2.31. The van der Waals surface area contributed by atoms with Crippen molar-refractivity contribution < 1.29 is 32.2 Å². The molecule has 1 heterocycles. The van der Waals surface area contributed by atoms with E-state index in [1.165, 1.54) is 28.9 Å². The maximum Gasteiger partial charge on any atom is 0.414 e. The molecule has 0 amide bonds. The van der Waals surface area contributed by atoms with Gasteiger partial charge in [0.2, 0.25) is 0 Å². The van der Waals surface area contributed by atoms with Gasteiger partial charge in [0.25, 0.3) is 9.84 Å². The van der Waals surface area contributed by atoms with Crippen molar-refractivity contribution in [1.82, 2.24) is 5.16 Å². The lowest BCUT2D eigenvalue weighted by Gasteiger charge is -2.09. The Hall–Kier alpha value is -3.83. The summed E-state index contributed by atoms with van der Waals surface area (Å²) in [6.07, 6.45) is 11.9. The standard InChI is InChI=1S/C34H42N2O7S2/c1-26(2)14-12-15-27(3)16-13-17-28(4)22-25-44-31-21-9-8-20-30(31)34(37)42-24-11-10-23-41-32-33(36(38)43-35-32)45(39,40)29-18-6-5-7-19-29/h5-9,14,16,18-22H,10-13,15,17,23-25H2,1-4H3/b27-16+,28-22+. The van der Waals surface area contributed by atoms with Crippen LogP contribution >= 0.6 is 11.8 Å². The van der Waals surface area contributed by atoms with Crippen LogP contribution in [0.2, 0.25) is 0 Å². The normalized spacial score (nSPS) is 12.2. The number of carbonyl (C=O) groups excluding carboxylic acids is 1. The van der Waals surface area contributed by atoms with E-state index in [1.807, 2.05) is 18.2 Å². The minimum absolute atomic E-state index is 0.0464. The van der Waals surface area contributed by atoms with Crippen LogP contribution in [0.25, 0.3) is 0 Å². The molecule has 0 aliphatic heterocycles. The molecular formula is C34H42N2O7S2. The molecule has 3 aromatic rings. The van der Waals surface area contributed by atoms with Crippen molar-refractivity contribution in [2.45, 2.75) is 81.0 Å². The number of allylic oxidation sites excluding steroid dienone is 5. The summed E-state index contributed by atoms with van der Waals surface area (Å²) in [6.45, 7) is 8.78. The minimum Gasteiger partial charge on any atom is -0.462 e. The minimum atomic E-state index is -4.18. The van der Waals surface area contributed by atoms with Gasteiger partial charge in [0, 0.05) is 10.6 Å². The Kier molecular flexibility index (Phi) is 14.4. The number of carbonyl (C=O) groups is 1. The highest BCUT2D eigenvalue weighted by molar-refractivity contribution is 7.99. The summed E-state index contributed by atoms with van der Waals surface area (Å²) in [6, 6.07) is 14.9. The van der Waals surface area contributed by atoms with Crippen LogP contribution < -0.4 is 9.64 Å². The van der Waals surface area contributed by atoms with Crippen LogP contribution in [0, 0.1) is 5.21 Å². The largest absolute Gasteiger partial charge is 0.462 e. The zero-order valence-electron chi connectivity index (χ0n) is 26.4. The zero-order valence-corrected chi connectivity index (χ0v) is 28.0. The number of aromatic nitrogens is 2. The fourth-order valence-electron chi connectivity index (χ4n) is 4.23. The van der Waals surface area contributed by atoms with Gasteiger partial charge in [-0.25, -0.2) is 13.2 Å². The molecule has 3 rings (SSSR count). The van der Waals surface area contributed by atoms with Crippen LogP contribution in [0.4, 0.5) is 0 Å². The van der Waals surface area contributed by atoms with E-state index < -0.39 is 26.7 Å². The highest BCUT2D eigenvalue weighted by Crippen LogP contribution is 2.26. The number of sulfone groups is 1. The van der Waals surface area contributed by atoms with Gasteiger partial charge in [-0.3, -0.25) is 4.63 Å². The SMILES string of the molecule is CC(C)=CCC/C(C)=C/CC/C(C)=C/CSc1ccccc1C(=O)OCCCCOc1no[n+]([O-])c1S(=O)(=O)c1ccccc1. The predicted octanol–water partition coefficient (Wildman–Crippen LogP) is 7.67. The Balaban J connectivity index is 1.41. The monoisotopic (exact) mass is 654 g/mol. The second kappa shape index (κ2) is 18.2. The fraction of sp³-hybridized carbons (Fsp3) is 0.382. The van der Waals surface area contributed by atoms with Gasteiger partial charge in [-0.15, -0.1) is 11.8 Å². The average Bonchev–Trinajstić information content (AvgIpc) is 3.40. The highest BCUT2D eigenvalue weighted by Gasteiger charge is 2.35. The summed E-state index contributed by atoms with van der Waals surface area (Å²) >= 11 is 1.59. The molecule has 0 bridgehead atoms. The van der Waals surface area contributed by atoms with Gasteiger partial charge >= 0.3 is 16.9 Å². The third-order valence-electron chi connectivity index (χ3n) is 6.77. The lowest BCUT2D eigenvalue weighted by molar-refractivity contribution is -0.832. The van der Waals surface area contributed by atoms with Crippen molar-refractivity contribution in [3.8, 4) is 5.88 Å². The van der Waals surface area contributed by atoms with Crippen LogP contribution in [0.5, 0.6) is 5.88 Å². The molecule has 2 aromatic carbocycles. The third-order valence-corrected chi connectivity index (χ3v) is 9.49. The van der Waals surface area contributed by atoms with E-state index in [0.717, 1.165) is 36.3 Å². The number of benzene rings is 2. The summed E-state index contributed by atoms with van der Waals surface area (Å²) in [7, 11) is -4.18. The number of rotatable bonds is 18. The van der Waals surface area contributed by atoms with E-state index in [2.05, 4.69) is 55.7 Å². The van der Waals surface area contributed by atoms with Gasteiger partial charge in [-0.2, -0.15) is 0 Å². The summed E-state index contributed by atoms with van der Waals surface area (Å²) in [5.41, 5.74) is 4.61. The number of thioether (sulfide) groups is 1. The second-order valence-corrected chi connectivity index (χ2v) is 13.7. The van der Waals surface area contributed by atoms with Gasteiger partial charge < -0.3 is 14.7 Å². The fourth-order valence-corrected chi connectivity index (χ4v) is 6.55. The number of hydrogen-bond acceptors (Lipinski definition) is 9. The summed E-state index contributed by atoms with van der Waals surface area (Å²) < 4.78 is 41.1. The van der Waals surface area contributed by atoms with Crippen molar-refractivity contribution >= 4 is 27.6 Å². The summed E-state index contributed by atoms with van der Waals surface area (Å²) in [5, 5.41) is 14.7. The average molecular weight is 655 g/mol. The highest BCUT2D eigenvalue weighted by atomic mass is 32.2. The molecule has 45 heavy (non-hydrogen) atoms. The van der Waals surface area contributed by atoms with Crippen LogP contribution in [0.15, 0.2) is 109 Å². The van der Waals surface area contributed by atoms with E-state index in [4.69, 9.17) is 9.47 Å². The number of unbranched alkanes of at least 4 members (excludes halogenated alkanes) is 1. The third kappa shape index (κ3) is 11.6. The molecule has 0 unspecified atom stereocenters. The van der Waals surface area contributed by atoms with Gasteiger partial charge in [0.05, 0.1) is 28.8 Å². The number of hydrogen-bond donors (Lipinski definition) is 0. The Morgan fingerprint density at radius 3 is 2.29 bits per heavy atom. The van der Waals surface area contributed by atoms with E-state index in [9.17, 15) is 18.4 Å². The maximum absolute atomic E-state index is 12.9. The van der Waals surface area contributed by atoms with Crippen LogP contribution in [0.3, 0.4) is 0 Å². The van der Waals surface area contributed by atoms with Gasteiger partial charge in [-0.05, 0) is 95.4 Å². The molecule has 0 fully saturated rings. The quantitative estimate of drug-likeness (QED) is 0.0447. The molecule has 0 aliphatic carbocycles. The molecule has 0 aliphatic rings. The van der Waals surface area contributed by atoms with Gasteiger partial charge in [0.15, 0.2) is 0 Å². The molecule has 0 atom stereocenters. The number of esters is 1. The van der Waals surface area contributed by atoms with Crippen molar-refractivity contribution in [1.29, 1.82) is 0 Å². The Morgan fingerprint density at radius 2 is 1.56 bits per heavy atom. The maximum atomic E-state index is 12.9. The van der Waals surface area contributed by atoms with E-state index in [1.54, 1.807) is 36.0 Å². The van der Waals surface area contributed by atoms with E-state index in [0.29, 0.717) is 18.4 Å². The molecule has 9 nitrogen and oxygen atoms in total. The molecule has 1 aromatic heterocycles. The van der Waals surface area contributed by atoms with Crippen molar-refractivity contribution in [3.63, 3.8) is 0 Å². The summed E-state index contributed by atoms with van der Waals surface area (Å²) in [5.74, 6) is -0.0687. The predicted molar refractivity (Wildman–Crippen MR) is 175 cm³/mol. The second-order valence-electron chi connectivity index (χ2n) is 10.8. The molecule has 0 N–H and O–H groups in total. The van der Waals surface area contributed by atoms with Crippen molar-refractivity contribution in [3.05, 3.63) is 100 Å². The number of ether oxygens (including phenoxy) is 2. The number of nitrogens with zero attached hydrogens (tertiary/aromatic N) is 2. The first-order chi connectivity index (χ1) is 21.6. The van der Waals surface area contributed by atoms with Crippen LogP contribution in [-0.4, -0.2) is 38.5 Å². The van der Waals surface area contributed by atoms with Crippen molar-refractivity contribution in [2.24, 2.45) is 0 Å². The van der Waals surface area contributed by atoms with Crippen molar-refractivity contribution in [2.75, 3.05) is 19.0 Å². The molecular weight excluding hydrogens is 613 g/mol. The smallest absolute Gasteiger partial charge is 0.414 e. The van der Waals surface area contributed by atoms with E-state index >= 15 is 0 Å². The van der Waals surface area contributed by atoms with E-state index in [-0.39, 0.29) is 23.0 Å². The molecule has 0 spiro atoms. The molecule has 0 radical (unpaired) electrons. The van der Waals surface area contributed by atoms with Crippen LogP contribution in [0.1, 0.15) is 76.6 Å². The zero-order chi connectivity index (χ0) is 32.7. The first-order valence-corrected chi connectivity index (χ1v) is 17.4. The Bertz CT molecular complexity index is 1590. The van der Waals surface area contributed by atoms with Crippen LogP contribution in [-0.2, 0) is 14.6 Å². The molecule has 0 saturated carbocycles. The lowest BCUT2D eigenvalue weighted by atomic mass is 10.1. The molecule has 242 valence electrons. The Morgan fingerprint density at radius 1 is 0.911 bits per heavy atom. The Labute approximate surface area is 270 Å². The van der Waals surface area contributed by atoms with Gasteiger partial charge in [-0.1, -0.05) is 65.3 Å².